The van der Waals surface area contributed by atoms with Crippen LogP contribution in [0, 0.1) is 0 Å². The van der Waals surface area contributed by atoms with Crippen molar-refractivity contribution < 1.29 is 29.8 Å². The first-order chi connectivity index (χ1) is 12.5. The van der Waals surface area contributed by atoms with Crippen LogP contribution >= 0.6 is 23.1 Å². The first-order valence-electron chi connectivity index (χ1n) is 7.48. The van der Waals surface area contributed by atoms with Crippen LogP contribution in [0.25, 0.3) is 0 Å². The first kappa shape index (κ1) is 20.6. The number of aliphatic carboxylic acids is 1. The summed E-state index contributed by atoms with van der Waals surface area (Å²) < 4.78 is 0. The van der Waals surface area contributed by atoms with Crippen molar-refractivity contribution in [2.24, 2.45) is 5.10 Å². The van der Waals surface area contributed by atoms with Gasteiger partial charge in [-0.3, -0.25) is 19.3 Å². The van der Waals surface area contributed by atoms with Crippen molar-refractivity contribution >= 4 is 53.5 Å². The number of hydrogen-bond donors (Lipinski definition) is 3. The molecule has 1 unspecified atom stereocenters. The van der Waals surface area contributed by atoms with Gasteiger partial charge in [0.05, 0.1) is 12.6 Å². The third-order valence-corrected chi connectivity index (χ3v) is 5.96. The van der Waals surface area contributed by atoms with E-state index in [4.69, 9.17) is 0 Å². The maximum atomic E-state index is 12.4. The van der Waals surface area contributed by atoms with Gasteiger partial charge in [0, 0.05) is 16.2 Å². The second-order valence-electron chi connectivity index (χ2n) is 5.40. The molecule has 5 N–H and O–H groups in total. The van der Waals surface area contributed by atoms with E-state index in [1.165, 1.54) is 29.3 Å². The molecule has 0 radical (unpaired) electrons. The molecular weight excluding hydrogens is 396 g/mol. The lowest BCUT2D eigenvalue weighted by Gasteiger charge is -2.49. The molecule has 10 nitrogen and oxygen atoms in total. The number of thiophene rings is 1. The molecule has 2 aliphatic heterocycles. The Labute approximate surface area is 161 Å². The topological polar surface area (TPSA) is 160 Å². The van der Waals surface area contributed by atoms with E-state index in [2.05, 4.69) is 15.8 Å². The molecule has 1 fully saturated rings. The van der Waals surface area contributed by atoms with E-state index >= 15 is 0 Å². The van der Waals surface area contributed by atoms with Crippen molar-refractivity contribution in [3.05, 3.63) is 33.7 Å². The molecule has 2 aliphatic rings. The molecule has 27 heavy (non-hydrogen) atoms. The highest BCUT2D eigenvalue weighted by Gasteiger charge is 2.54. The van der Waals surface area contributed by atoms with E-state index in [1.807, 2.05) is 17.5 Å². The number of fused-ring (bicyclic) bond motifs is 1. The zero-order chi connectivity index (χ0) is 18.7. The van der Waals surface area contributed by atoms with Gasteiger partial charge in [0.1, 0.15) is 17.1 Å². The number of hydrogen-bond acceptors (Lipinski definition) is 7. The summed E-state index contributed by atoms with van der Waals surface area (Å²) in [5, 5.41) is 17.1. The molecule has 0 bridgehead atoms. The predicted octanol–water partition coefficient (Wildman–Crippen LogP) is -1.06. The van der Waals surface area contributed by atoms with Crippen LogP contribution in [0.3, 0.4) is 0 Å². The Kier molecular flexibility index (Phi) is 6.71. The van der Waals surface area contributed by atoms with Gasteiger partial charge in [-0.05, 0) is 11.4 Å². The van der Waals surface area contributed by atoms with Crippen molar-refractivity contribution in [1.29, 1.82) is 0 Å². The summed E-state index contributed by atoms with van der Waals surface area (Å²) in [6, 6.07) is 2.92. The average Bonchev–Trinajstić information content (AvgIpc) is 3.12. The Bertz CT molecular complexity index is 807. The SMILES string of the molecule is O.O=CNN=CC1=C(C(=O)O)N2C(=O)C(NC(=O)Cc3cccs3)[C@@H]2SC1. The minimum atomic E-state index is -1.26. The summed E-state index contributed by atoms with van der Waals surface area (Å²) in [4.78, 5) is 48.4. The minimum absolute atomic E-state index is 0. The van der Waals surface area contributed by atoms with Crippen LogP contribution in [0.4, 0.5) is 0 Å². The van der Waals surface area contributed by atoms with Crippen molar-refractivity contribution in [3.63, 3.8) is 0 Å². The maximum absolute atomic E-state index is 12.4. The van der Waals surface area contributed by atoms with Crippen molar-refractivity contribution in [1.82, 2.24) is 15.6 Å². The fourth-order valence-corrected chi connectivity index (χ4v) is 4.68. The van der Waals surface area contributed by atoms with Crippen molar-refractivity contribution in [3.8, 4) is 0 Å². The highest BCUT2D eigenvalue weighted by Crippen LogP contribution is 2.39. The summed E-state index contributed by atoms with van der Waals surface area (Å²) in [6.45, 7) is 0. The largest absolute Gasteiger partial charge is 0.477 e. The molecule has 3 amide bonds. The number of thioether (sulfide) groups is 1. The van der Waals surface area contributed by atoms with E-state index in [9.17, 15) is 24.3 Å². The number of rotatable bonds is 7. The molecule has 0 saturated carbocycles. The fraction of sp³-hybridized carbons (Fsp3) is 0.267. The lowest BCUT2D eigenvalue weighted by atomic mass is 10.0. The summed E-state index contributed by atoms with van der Waals surface area (Å²) in [5.41, 5.74) is 2.19. The van der Waals surface area contributed by atoms with Gasteiger partial charge in [-0.15, -0.1) is 23.1 Å². The molecule has 3 rings (SSSR count). The molecule has 1 aromatic rings. The van der Waals surface area contributed by atoms with E-state index in [-0.39, 0.29) is 29.3 Å². The summed E-state index contributed by atoms with van der Waals surface area (Å²) in [5.74, 6) is -1.74. The predicted molar refractivity (Wildman–Crippen MR) is 99.0 cm³/mol. The number of amides is 3. The van der Waals surface area contributed by atoms with Crippen LogP contribution < -0.4 is 10.7 Å². The lowest BCUT2D eigenvalue weighted by Crippen LogP contribution is -2.70. The van der Waals surface area contributed by atoms with Gasteiger partial charge in [0.15, 0.2) is 0 Å². The van der Waals surface area contributed by atoms with Gasteiger partial charge in [-0.25, -0.2) is 10.2 Å². The monoisotopic (exact) mass is 412 g/mol. The number of hydrazone groups is 1. The number of carboxylic acids is 1. The molecule has 1 saturated heterocycles. The smallest absolute Gasteiger partial charge is 0.353 e. The Balaban J connectivity index is 0.00000261. The Hall–Kier alpha value is -2.70. The van der Waals surface area contributed by atoms with E-state index in [1.54, 1.807) is 0 Å². The molecule has 12 heteroatoms. The number of nitrogens with zero attached hydrogens (tertiary/aromatic N) is 2. The average molecular weight is 412 g/mol. The summed E-state index contributed by atoms with van der Waals surface area (Å²) in [6.07, 6.45) is 1.73. The van der Waals surface area contributed by atoms with E-state index < -0.39 is 23.3 Å². The van der Waals surface area contributed by atoms with Gasteiger partial charge in [0.2, 0.25) is 12.3 Å². The molecule has 2 atom stereocenters. The standard InChI is InChI=1S/C15H14N4O5S2.H2O/c20-7-17-16-5-8-6-26-14-11(13(22)19(14)12(8)15(23)24)18-10(21)4-9-2-1-3-25-9;/h1-3,5,7,11,14H,4,6H2,(H,17,20)(H,18,21)(H,23,24);1H2/t11?,14-;/m0./s1. The zero-order valence-corrected chi connectivity index (χ0v) is 15.4. The van der Waals surface area contributed by atoms with Gasteiger partial charge >= 0.3 is 5.97 Å². The fourth-order valence-electron chi connectivity index (χ4n) is 2.68. The molecule has 144 valence electrons. The van der Waals surface area contributed by atoms with E-state index in [0.29, 0.717) is 12.0 Å². The van der Waals surface area contributed by atoms with Crippen LogP contribution in [0.1, 0.15) is 4.88 Å². The van der Waals surface area contributed by atoms with Gasteiger partial charge in [-0.1, -0.05) is 6.07 Å². The highest BCUT2D eigenvalue weighted by molar-refractivity contribution is 8.00. The quantitative estimate of drug-likeness (QED) is 0.224. The minimum Gasteiger partial charge on any atom is -0.477 e. The lowest BCUT2D eigenvalue weighted by molar-refractivity contribution is -0.150. The maximum Gasteiger partial charge on any atom is 0.353 e. The van der Waals surface area contributed by atoms with Crippen LogP contribution in [0.15, 0.2) is 33.9 Å². The van der Waals surface area contributed by atoms with Gasteiger partial charge in [0.25, 0.3) is 5.91 Å². The molecule has 0 spiro atoms. The van der Waals surface area contributed by atoms with Crippen LogP contribution in [-0.4, -0.2) is 63.1 Å². The molecule has 3 heterocycles. The molecule has 0 aliphatic carbocycles. The summed E-state index contributed by atoms with van der Waals surface area (Å²) in [7, 11) is 0. The number of nitrogens with one attached hydrogen (secondary N) is 2. The Morgan fingerprint density at radius 2 is 2.22 bits per heavy atom. The van der Waals surface area contributed by atoms with Crippen molar-refractivity contribution in [2.75, 3.05) is 5.75 Å². The normalized spacial score (nSPS) is 21.2. The van der Waals surface area contributed by atoms with Gasteiger partial charge < -0.3 is 15.9 Å². The van der Waals surface area contributed by atoms with Crippen molar-refractivity contribution in [2.45, 2.75) is 17.8 Å². The summed E-state index contributed by atoms with van der Waals surface area (Å²) >= 11 is 2.78. The van der Waals surface area contributed by atoms with Crippen LogP contribution in [0.2, 0.25) is 0 Å². The molecule has 0 aromatic carbocycles. The number of β-lactam (4-membered cyclic amide) rings is 1. The highest BCUT2D eigenvalue weighted by atomic mass is 32.2. The molecular formula is C15H16N4O6S2. The first-order valence-corrected chi connectivity index (χ1v) is 9.41. The molecule has 1 aromatic heterocycles. The second kappa shape index (κ2) is 8.79. The number of carbonyl (C=O) groups is 4. The van der Waals surface area contributed by atoms with Crippen LogP contribution in [0.5, 0.6) is 0 Å². The number of carbonyl (C=O) groups excluding carboxylic acids is 3. The van der Waals surface area contributed by atoms with Crippen LogP contribution in [-0.2, 0) is 25.6 Å². The second-order valence-corrected chi connectivity index (χ2v) is 7.53. The third kappa shape index (κ3) is 4.18. The Morgan fingerprint density at radius 1 is 1.44 bits per heavy atom. The zero-order valence-electron chi connectivity index (χ0n) is 13.7. The Morgan fingerprint density at radius 3 is 2.85 bits per heavy atom. The third-order valence-electron chi connectivity index (χ3n) is 3.78. The van der Waals surface area contributed by atoms with Gasteiger partial charge in [-0.2, -0.15) is 5.10 Å². The van der Waals surface area contributed by atoms with E-state index in [0.717, 1.165) is 9.78 Å². The number of carboxylic acid groups (broad SMARTS) is 1.